The fourth-order valence-electron chi connectivity index (χ4n) is 1.21. The topological polar surface area (TPSA) is 80.9 Å². The van der Waals surface area contributed by atoms with Crippen molar-refractivity contribution in [2.75, 3.05) is 11.1 Å². The SMILES string of the molecule is C=CCc1nc(C)c(NC(C)=O)c(N)n1. The highest BCUT2D eigenvalue weighted by molar-refractivity contribution is 5.92. The number of aromatic nitrogens is 2. The van der Waals surface area contributed by atoms with Crippen LogP contribution in [0, 0.1) is 6.92 Å². The van der Waals surface area contributed by atoms with E-state index in [9.17, 15) is 4.79 Å². The van der Waals surface area contributed by atoms with E-state index in [1.54, 1.807) is 13.0 Å². The van der Waals surface area contributed by atoms with Crippen molar-refractivity contribution in [3.8, 4) is 0 Å². The zero-order valence-electron chi connectivity index (χ0n) is 8.87. The molecule has 0 saturated carbocycles. The summed E-state index contributed by atoms with van der Waals surface area (Å²) < 4.78 is 0. The third-order valence-corrected chi connectivity index (χ3v) is 1.79. The number of amides is 1. The molecule has 5 nitrogen and oxygen atoms in total. The molecule has 0 aromatic carbocycles. The van der Waals surface area contributed by atoms with Gasteiger partial charge in [-0.2, -0.15) is 0 Å². The van der Waals surface area contributed by atoms with Crippen molar-refractivity contribution in [3.05, 3.63) is 24.2 Å². The second-order valence-corrected chi connectivity index (χ2v) is 3.16. The first-order valence-electron chi connectivity index (χ1n) is 4.56. The fraction of sp³-hybridized carbons (Fsp3) is 0.300. The number of nitrogen functional groups attached to an aromatic ring is 1. The van der Waals surface area contributed by atoms with E-state index in [2.05, 4.69) is 21.9 Å². The smallest absolute Gasteiger partial charge is 0.221 e. The van der Waals surface area contributed by atoms with Crippen LogP contribution in [0.5, 0.6) is 0 Å². The average Bonchev–Trinajstić information content (AvgIpc) is 2.11. The number of hydrogen-bond acceptors (Lipinski definition) is 4. The molecule has 0 radical (unpaired) electrons. The molecule has 0 aliphatic heterocycles. The number of carbonyl (C=O) groups excluding carboxylic acids is 1. The number of aryl methyl sites for hydroxylation is 1. The number of hydrogen-bond donors (Lipinski definition) is 2. The van der Waals surface area contributed by atoms with Gasteiger partial charge >= 0.3 is 0 Å². The molecule has 0 spiro atoms. The molecule has 3 N–H and O–H groups in total. The average molecular weight is 206 g/mol. The van der Waals surface area contributed by atoms with Crippen LogP contribution in [-0.2, 0) is 11.2 Å². The van der Waals surface area contributed by atoms with Crippen LogP contribution >= 0.6 is 0 Å². The van der Waals surface area contributed by atoms with Gasteiger partial charge in [0.15, 0.2) is 5.82 Å². The maximum absolute atomic E-state index is 10.9. The Bertz CT molecular complexity index is 377. The van der Waals surface area contributed by atoms with Crippen LogP contribution in [0.3, 0.4) is 0 Å². The van der Waals surface area contributed by atoms with Gasteiger partial charge < -0.3 is 11.1 Å². The molecule has 80 valence electrons. The summed E-state index contributed by atoms with van der Waals surface area (Å²) in [6.45, 7) is 6.78. The Balaban J connectivity index is 3.08. The lowest BCUT2D eigenvalue weighted by Gasteiger charge is -2.09. The standard InChI is InChI=1S/C10H14N4O/c1-4-5-8-12-6(2)9(10(11)14-8)13-7(3)15/h4H,1,5H2,2-3H3,(H,13,15)(H2,11,12,14). The highest BCUT2D eigenvalue weighted by Crippen LogP contribution is 2.19. The van der Waals surface area contributed by atoms with Crippen LogP contribution < -0.4 is 11.1 Å². The Labute approximate surface area is 88.4 Å². The lowest BCUT2D eigenvalue weighted by Crippen LogP contribution is -2.13. The number of allylic oxidation sites excluding steroid dienone is 1. The van der Waals surface area contributed by atoms with Crippen molar-refractivity contribution in [2.24, 2.45) is 0 Å². The van der Waals surface area contributed by atoms with Crippen molar-refractivity contribution in [1.82, 2.24) is 9.97 Å². The van der Waals surface area contributed by atoms with E-state index in [4.69, 9.17) is 5.73 Å². The van der Waals surface area contributed by atoms with Crippen molar-refractivity contribution >= 4 is 17.4 Å². The first-order valence-corrected chi connectivity index (χ1v) is 4.56. The van der Waals surface area contributed by atoms with E-state index >= 15 is 0 Å². The summed E-state index contributed by atoms with van der Waals surface area (Å²) in [6.07, 6.45) is 2.26. The second-order valence-electron chi connectivity index (χ2n) is 3.16. The molecule has 0 aliphatic carbocycles. The highest BCUT2D eigenvalue weighted by atomic mass is 16.1. The molecule has 1 heterocycles. The van der Waals surface area contributed by atoms with Crippen molar-refractivity contribution in [1.29, 1.82) is 0 Å². The molecule has 1 aromatic heterocycles. The van der Waals surface area contributed by atoms with E-state index in [0.717, 1.165) is 0 Å². The summed E-state index contributed by atoms with van der Waals surface area (Å²) in [5, 5.41) is 2.60. The molecule has 1 rings (SSSR count). The van der Waals surface area contributed by atoms with Gasteiger partial charge in [0.05, 0.1) is 5.69 Å². The summed E-state index contributed by atoms with van der Waals surface area (Å²) in [6, 6.07) is 0. The van der Waals surface area contributed by atoms with Crippen LogP contribution in [0.15, 0.2) is 12.7 Å². The molecule has 0 bridgehead atoms. The predicted molar refractivity (Wildman–Crippen MR) is 59.4 cm³/mol. The van der Waals surface area contributed by atoms with E-state index in [0.29, 0.717) is 23.6 Å². The number of rotatable bonds is 3. The number of carbonyl (C=O) groups is 1. The quantitative estimate of drug-likeness (QED) is 0.724. The monoisotopic (exact) mass is 206 g/mol. The predicted octanol–water partition coefficient (Wildman–Crippen LogP) is 1.05. The number of nitrogens with zero attached hydrogens (tertiary/aromatic N) is 2. The van der Waals surface area contributed by atoms with Crippen molar-refractivity contribution in [3.63, 3.8) is 0 Å². The molecule has 0 aliphatic rings. The second kappa shape index (κ2) is 4.54. The third-order valence-electron chi connectivity index (χ3n) is 1.79. The molecule has 0 unspecified atom stereocenters. The van der Waals surface area contributed by atoms with Crippen molar-refractivity contribution in [2.45, 2.75) is 20.3 Å². The lowest BCUT2D eigenvalue weighted by molar-refractivity contribution is -0.114. The zero-order valence-corrected chi connectivity index (χ0v) is 8.87. The van der Waals surface area contributed by atoms with Crippen LogP contribution in [0.2, 0.25) is 0 Å². The maximum atomic E-state index is 10.9. The highest BCUT2D eigenvalue weighted by Gasteiger charge is 2.09. The molecule has 0 saturated heterocycles. The summed E-state index contributed by atoms with van der Waals surface area (Å²) >= 11 is 0. The van der Waals surface area contributed by atoms with Gasteiger partial charge in [-0.15, -0.1) is 6.58 Å². The first-order chi connectivity index (χ1) is 7.04. The van der Waals surface area contributed by atoms with E-state index in [-0.39, 0.29) is 11.7 Å². The Kier molecular flexibility index (Phi) is 3.38. The Morgan fingerprint density at radius 1 is 1.60 bits per heavy atom. The third kappa shape index (κ3) is 2.77. The fourth-order valence-corrected chi connectivity index (χ4v) is 1.21. The molecular weight excluding hydrogens is 192 g/mol. The van der Waals surface area contributed by atoms with Crippen LogP contribution in [-0.4, -0.2) is 15.9 Å². The van der Waals surface area contributed by atoms with Gasteiger partial charge in [-0.25, -0.2) is 9.97 Å². The lowest BCUT2D eigenvalue weighted by atomic mass is 10.3. The largest absolute Gasteiger partial charge is 0.382 e. The summed E-state index contributed by atoms with van der Waals surface area (Å²) in [7, 11) is 0. The van der Waals surface area contributed by atoms with Gasteiger partial charge in [0.2, 0.25) is 5.91 Å². The molecule has 1 aromatic rings. The maximum Gasteiger partial charge on any atom is 0.221 e. The Morgan fingerprint density at radius 2 is 2.27 bits per heavy atom. The van der Waals surface area contributed by atoms with Crippen LogP contribution in [0.4, 0.5) is 11.5 Å². The number of nitrogens with one attached hydrogen (secondary N) is 1. The van der Waals surface area contributed by atoms with E-state index in [1.165, 1.54) is 6.92 Å². The van der Waals surface area contributed by atoms with E-state index in [1.807, 2.05) is 0 Å². The van der Waals surface area contributed by atoms with Crippen LogP contribution in [0.1, 0.15) is 18.4 Å². The minimum atomic E-state index is -0.190. The zero-order chi connectivity index (χ0) is 11.4. The minimum absolute atomic E-state index is 0.190. The Hall–Kier alpha value is -1.91. The van der Waals surface area contributed by atoms with Gasteiger partial charge in [-0.3, -0.25) is 4.79 Å². The van der Waals surface area contributed by atoms with Gasteiger partial charge in [-0.05, 0) is 6.92 Å². The summed E-state index contributed by atoms with van der Waals surface area (Å²) in [5.41, 5.74) is 6.84. The van der Waals surface area contributed by atoms with Crippen LogP contribution in [0.25, 0.3) is 0 Å². The Morgan fingerprint density at radius 3 is 2.73 bits per heavy atom. The summed E-state index contributed by atoms with van der Waals surface area (Å²) in [5.74, 6) is 0.702. The van der Waals surface area contributed by atoms with Crippen molar-refractivity contribution < 1.29 is 4.79 Å². The van der Waals surface area contributed by atoms with E-state index < -0.39 is 0 Å². The number of nitrogens with two attached hydrogens (primary N) is 1. The molecule has 0 atom stereocenters. The summed E-state index contributed by atoms with van der Waals surface area (Å²) in [4.78, 5) is 19.1. The number of anilines is 2. The van der Waals surface area contributed by atoms with Gasteiger partial charge in [-0.1, -0.05) is 6.08 Å². The molecular formula is C10H14N4O. The molecule has 1 amide bonds. The normalized spacial score (nSPS) is 9.73. The minimum Gasteiger partial charge on any atom is -0.382 e. The van der Waals surface area contributed by atoms with Gasteiger partial charge in [0, 0.05) is 13.3 Å². The van der Waals surface area contributed by atoms with Gasteiger partial charge in [0.25, 0.3) is 0 Å². The first kappa shape index (κ1) is 11.2. The molecule has 5 heteroatoms. The molecule has 0 fully saturated rings. The molecule has 15 heavy (non-hydrogen) atoms. The van der Waals surface area contributed by atoms with Gasteiger partial charge in [0.1, 0.15) is 11.5 Å².